The van der Waals surface area contributed by atoms with Crippen molar-refractivity contribution in [2.75, 3.05) is 7.05 Å². The second-order valence-corrected chi connectivity index (χ2v) is 7.62. The quantitative estimate of drug-likeness (QED) is 0.374. The summed E-state index contributed by atoms with van der Waals surface area (Å²) in [6.07, 6.45) is 0. The van der Waals surface area contributed by atoms with E-state index in [1.54, 1.807) is 12.1 Å². The SMILES string of the molecule is C/N=c1/c2cc3c(cc2c2sc(F)c(F)c12)c(=N)c1c(F)c(F)sc13. The summed E-state index contributed by atoms with van der Waals surface area (Å²) in [7, 11) is 1.48. The second-order valence-electron chi connectivity index (χ2n) is 5.68. The van der Waals surface area contributed by atoms with Gasteiger partial charge in [-0.2, -0.15) is 8.78 Å². The summed E-state index contributed by atoms with van der Waals surface area (Å²) in [4.78, 5) is 4.09. The Morgan fingerprint density at radius 1 is 0.800 bits per heavy atom. The second kappa shape index (κ2) is 4.64. The van der Waals surface area contributed by atoms with Crippen molar-refractivity contribution in [3.63, 3.8) is 0 Å². The molecular weight excluding hydrogens is 372 g/mol. The number of hydrogen-bond acceptors (Lipinski definition) is 4. The molecule has 25 heavy (non-hydrogen) atoms. The number of fused-ring (bicyclic) bond motifs is 6. The minimum atomic E-state index is -1.03. The first-order valence-corrected chi connectivity index (χ1v) is 8.78. The van der Waals surface area contributed by atoms with E-state index < -0.39 is 21.9 Å². The van der Waals surface area contributed by atoms with E-state index >= 15 is 0 Å². The summed E-state index contributed by atoms with van der Waals surface area (Å²) >= 11 is 1.32. The molecule has 3 aromatic carbocycles. The monoisotopic (exact) mass is 378 g/mol. The van der Waals surface area contributed by atoms with Gasteiger partial charge < -0.3 is 0 Å². The van der Waals surface area contributed by atoms with E-state index in [0.717, 1.165) is 0 Å². The lowest BCUT2D eigenvalue weighted by Crippen LogP contribution is -2.00. The molecule has 0 aliphatic carbocycles. The van der Waals surface area contributed by atoms with Crippen LogP contribution in [0.4, 0.5) is 17.6 Å². The Labute approximate surface area is 144 Å². The Kier molecular flexibility index (Phi) is 2.78. The number of nitrogens with zero attached hydrogens (tertiary/aromatic N) is 1. The zero-order valence-corrected chi connectivity index (χ0v) is 14.1. The molecule has 8 heteroatoms. The Morgan fingerprint density at radius 3 is 1.96 bits per heavy atom. The first-order chi connectivity index (χ1) is 11.9. The number of rotatable bonds is 0. The topological polar surface area (TPSA) is 36.2 Å². The van der Waals surface area contributed by atoms with Crippen LogP contribution in [0.25, 0.3) is 41.7 Å². The molecule has 2 aromatic heterocycles. The minimum absolute atomic E-state index is 0.0556. The summed E-state index contributed by atoms with van der Waals surface area (Å²) in [6, 6.07) is 3.27. The van der Waals surface area contributed by atoms with E-state index in [1.807, 2.05) is 0 Å². The smallest absolute Gasteiger partial charge is 0.213 e. The van der Waals surface area contributed by atoms with Gasteiger partial charge in [-0.3, -0.25) is 10.4 Å². The zero-order valence-electron chi connectivity index (χ0n) is 12.4. The molecule has 0 atom stereocenters. The third kappa shape index (κ3) is 1.63. The third-order valence-corrected chi connectivity index (χ3v) is 6.48. The van der Waals surface area contributed by atoms with Crippen LogP contribution in [0.2, 0.25) is 0 Å². The van der Waals surface area contributed by atoms with Crippen molar-refractivity contribution in [3.8, 4) is 0 Å². The average molecular weight is 378 g/mol. The van der Waals surface area contributed by atoms with Gasteiger partial charge in [0.2, 0.25) is 10.3 Å². The summed E-state index contributed by atoms with van der Waals surface area (Å²) in [5.74, 6) is -1.97. The van der Waals surface area contributed by atoms with Crippen LogP contribution in [-0.2, 0) is 0 Å². The molecule has 2 nitrogen and oxygen atoms in total. The van der Waals surface area contributed by atoms with Crippen molar-refractivity contribution in [2.24, 2.45) is 4.99 Å². The van der Waals surface area contributed by atoms with Crippen LogP contribution >= 0.6 is 22.7 Å². The largest absolute Gasteiger partial charge is 0.299 e. The van der Waals surface area contributed by atoms with E-state index in [4.69, 9.17) is 5.41 Å². The van der Waals surface area contributed by atoms with Gasteiger partial charge in [0, 0.05) is 28.6 Å². The van der Waals surface area contributed by atoms with E-state index in [2.05, 4.69) is 4.99 Å². The predicted molar refractivity (Wildman–Crippen MR) is 91.8 cm³/mol. The van der Waals surface area contributed by atoms with Crippen molar-refractivity contribution >= 4 is 64.4 Å². The lowest BCUT2D eigenvalue weighted by atomic mass is 10.1. The summed E-state index contributed by atoms with van der Waals surface area (Å²) in [5, 5.41) is 8.63. The molecule has 1 N–H and O–H groups in total. The molecule has 0 amide bonds. The van der Waals surface area contributed by atoms with Crippen molar-refractivity contribution < 1.29 is 17.6 Å². The Hall–Kier alpha value is -2.32. The fraction of sp³-hybridized carbons (Fsp3) is 0.0588. The van der Waals surface area contributed by atoms with Crippen molar-refractivity contribution in [3.05, 3.63) is 44.7 Å². The number of thiophene rings is 2. The fourth-order valence-corrected chi connectivity index (χ4v) is 5.34. The summed E-state index contributed by atoms with van der Waals surface area (Å²) in [6.45, 7) is 0. The molecular formula is C17H6F4N2S2. The van der Waals surface area contributed by atoms with Gasteiger partial charge in [0.25, 0.3) is 0 Å². The Balaban J connectivity index is 2.12. The standard InChI is InChI=1S/C17H6F4N2S2/c1-23-13-5-3-6-4(12(22)8-10(18)16(20)24-14(6)8)2-7(5)15-9(13)11(19)17(21)25-15/h2-3,22H,1H3/b22-12?,23-13-. The lowest BCUT2D eigenvalue weighted by Gasteiger charge is -1.94. The summed E-state index contributed by atoms with van der Waals surface area (Å²) in [5.41, 5.74) is 0. The predicted octanol–water partition coefficient (Wildman–Crippen LogP) is 4.86. The maximum Gasteiger partial charge on any atom is 0.213 e. The molecule has 0 bridgehead atoms. The zero-order chi connectivity index (χ0) is 17.6. The first-order valence-electron chi connectivity index (χ1n) is 7.15. The maximum atomic E-state index is 14.1. The normalized spacial score (nSPS) is 13.4. The van der Waals surface area contributed by atoms with Crippen LogP contribution in [0.15, 0.2) is 17.1 Å². The summed E-state index contributed by atoms with van der Waals surface area (Å²) < 4.78 is 56.2. The number of hydrogen-bond donors (Lipinski definition) is 1. The third-order valence-electron chi connectivity index (χ3n) is 4.50. The molecule has 0 unspecified atom stereocenters. The van der Waals surface area contributed by atoms with Crippen molar-refractivity contribution in [2.45, 2.75) is 0 Å². The molecule has 0 aliphatic heterocycles. The van der Waals surface area contributed by atoms with E-state index in [-0.39, 0.29) is 16.1 Å². The molecule has 0 saturated heterocycles. The van der Waals surface area contributed by atoms with Crippen LogP contribution in [0, 0.1) is 27.3 Å². The van der Waals surface area contributed by atoms with Gasteiger partial charge in [0.15, 0.2) is 11.6 Å². The molecule has 0 saturated carbocycles. The molecule has 2 heterocycles. The van der Waals surface area contributed by atoms with E-state index in [0.29, 0.717) is 59.0 Å². The molecule has 5 aromatic rings. The molecule has 124 valence electrons. The molecule has 0 fully saturated rings. The van der Waals surface area contributed by atoms with Gasteiger partial charge >= 0.3 is 0 Å². The molecule has 0 spiro atoms. The number of halogens is 4. The van der Waals surface area contributed by atoms with Gasteiger partial charge in [0.1, 0.15) is 0 Å². The van der Waals surface area contributed by atoms with Gasteiger partial charge in [-0.05, 0) is 12.1 Å². The van der Waals surface area contributed by atoms with Crippen LogP contribution in [0.1, 0.15) is 0 Å². The van der Waals surface area contributed by atoms with Crippen LogP contribution in [0.5, 0.6) is 0 Å². The van der Waals surface area contributed by atoms with Gasteiger partial charge in [0.05, 0.1) is 30.9 Å². The van der Waals surface area contributed by atoms with Crippen LogP contribution in [-0.4, -0.2) is 7.05 Å². The molecule has 0 radical (unpaired) electrons. The Morgan fingerprint density at radius 2 is 1.32 bits per heavy atom. The van der Waals surface area contributed by atoms with E-state index in [1.165, 1.54) is 7.05 Å². The lowest BCUT2D eigenvalue weighted by molar-refractivity contribution is 0.537. The van der Waals surface area contributed by atoms with Crippen LogP contribution < -0.4 is 10.7 Å². The number of benzene rings is 1. The highest BCUT2D eigenvalue weighted by Gasteiger charge is 2.23. The Bertz CT molecular complexity index is 1470. The fourth-order valence-electron chi connectivity index (χ4n) is 3.46. The highest BCUT2D eigenvalue weighted by Crippen LogP contribution is 2.39. The minimum Gasteiger partial charge on any atom is -0.299 e. The maximum absolute atomic E-state index is 14.1. The van der Waals surface area contributed by atoms with Crippen molar-refractivity contribution in [1.29, 1.82) is 5.41 Å². The van der Waals surface area contributed by atoms with Gasteiger partial charge in [-0.15, -0.1) is 22.7 Å². The average Bonchev–Trinajstić information content (AvgIpc) is 3.24. The molecule has 0 aliphatic rings. The van der Waals surface area contributed by atoms with Crippen molar-refractivity contribution in [1.82, 2.24) is 0 Å². The van der Waals surface area contributed by atoms with Crippen LogP contribution in [0.3, 0.4) is 0 Å². The number of nitrogens with one attached hydrogen (secondary N) is 1. The highest BCUT2D eigenvalue weighted by atomic mass is 32.1. The first kappa shape index (κ1) is 15.0. The molecule has 5 rings (SSSR count). The van der Waals surface area contributed by atoms with Gasteiger partial charge in [-0.1, -0.05) is 0 Å². The van der Waals surface area contributed by atoms with E-state index in [9.17, 15) is 17.6 Å². The highest BCUT2D eigenvalue weighted by molar-refractivity contribution is 7.19. The van der Waals surface area contributed by atoms with Gasteiger partial charge in [-0.25, -0.2) is 8.78 Å².